The summed E-state index contributed by atoms with van der Waals surface area (Å²) in [4.78, 5) is 14.7. The Labute approximate surface area is 186 Å². The van der Waals surface area contributed by atoms with Gasteiger partial charge in [-0.25, -0.2) is 0 Å². The molecule has 1 aliphatic rings. The topological polar surface area (TPSA) is 68.6 Å². The summed E-state index contributed by atoms with van der Waals surface area (Å²) < 4.78 is 12.4. The number of carbonyl (C=O) groups is 1. The van der Waals surface area contributed by atoms with E-state index in [1.807, 2.05) is 54.7 Å². The van der Waals surface area contributed by atoms with Gasteiger partial charge in [0, 0.05) is 36.4 Å². The van der Waals surface area contributed by atoms with Gasteiger partial charge in [-0.15, -0.1) is 0 Å². The van der Waals surface area contributed by atoms with Crippen molar-refractivity contribution in [1.29, 1.82) is 0 Å². The van der Waals surface area contributed by atoms with Gasteiger partial charge in [0.05, 0.1) is 20.3 Å². The van der Waals surface area contributed by atoms with E-state index < -0.39 is 0 Å². The van der Waals surface area contributed by atoms with Gasteiger partial charge in [-0.1, -0.05) is 41.9 Å². The smallest absolute Gasteiger partial charge is 0.242 e. The first kappa shape index (κ1) is 21.2. The minimum absolute atomic E-state index is 0.123. The molecule has 1 amide bonds. The molecule has 1 N–H and O–H groups in total. The Morgan fingerprint density at radius 1 is 1.16 bits per heavy atom. The molecule has 1 saturated heterocycles. The lowest BCUT2D eigenvalue weighted by molar-refractivity contribution is -0.122. The van der Waals surface area contributed by atoms with Crippen LogP contribution in [-0.4, -0.2) is 49.1 Å². The summed E-state index contributed by atoms with van der Waals surface area (Å²) in [6.45, 7) is 3.34. The van der Waals surface area contributed by atoms with Crippen LogP contribution in [0, 0.1) is 0 Å². The molecule has 0 aliphatic carbocycles. The number of hydrogen-bond donors (Lipinski definition) is 1. The molecule has 8 heteroatoms. The van der Waals surface area contributed by atoms with Gasteiger partial charge in [-0.3, -0.25) is 9.48 Å². The minimum Gasteiger partial charge on any atom is -0.497 e. The van der Waals surface area contributed by atoms with Gasteiger partial charge in [-0.2, -0.15) is 5.10 Å². The van der Waals surface area contributed by atoms with Crippen LogP contribution in [0.5, 0.6) is 5.75 Å². The molecule has 0 unspecified atom stereocenters. The van der Waals surface area contributed by atoms with Crippen LogP contribution in [-0.2, 0) is 22.6 Å². The lowest BCUT2D eigenvalue weighted by Gasteiger charge is -2.27. The zero-order valence-corrected chi connectivity index (χ0v) is 18.1. The Balaban J connectivity index is 1.52. The number of morpholine rings is 1. The highest BCUT2D eigenvalue weighted by atomic mass is 35.5. The van der Waals surface area contributed by atoms with Crippen molar-refractivity contribution in [2.24, 2.45) is 0 Å². The van der Waals surface area contributed by atoms with Crippen molar-refractivity contribution in [1.82, 2.24) is 15.1 Å². The molecule has 0 atom stereocenters. The van der Waals surface area contributed by atoms with E-state index in [1.54, 1.807) is 11.8 Å². The van der Waals surface area contributed by atoms with E-state index in [4.69, 9.17) is 26.2 Å². The fourth-order valence-corrected chi connectivity index (χ4v) is 3.72. The van der Waals surface area contributed by atoms with Crippen molar-refractivity contribution >= 4 is 23.3 Å². The van der Waals surface area contributed by atoms with Crippen LogP contribution in [0.3, 0.4) is 0 Å². The van der Waals surface area contributed by atoms with E-state index in [9.17, 15) is 4.79 Å². The number of nitrogens with zero attached hydrogens (tertiary/aromatic N) is 3. The third kappa shape index (κ3) is 5.18. The second-order valence-electron chi connectivity index (χ2n) is 7.26. The first-order valence-corrected chi connectivity index (χ1v) is 10.6. The predicted octanol–water partition coefficient (Wildman–Crippen LogP) is 3.37. The quantitative estimate of drug-likeness (QED) is 0.610. The lowest BCUT2D eigenvalue weighted by Crippen LogP contribution is -2.37. The van der Waals surface area contributed by atoms with Crippen LogP contribution in [0.15, 0.2) is 54.7 Å². The van der Waals surface area contributed by atoms with Crippen molar-refractivity contribution in [3.8, 4) is 16.9 Å². The summed E-state index contributed by atoms with van der Waals surface area (Å²) in [5, 5.41) is 8.29. The fraction of sp³-hybridized carbons (Fsp3) is 0.304. The standard InChI is InChI=1S/C23H25ClN4O3/c1-30-19-8-6-17(7-9-19)20-15-28(26-23(20)27-10-12-31-13-11-27)16-22(29)25-14-18-4-2-3-5-21(18)24/h2-9,15H,10-14,16H2,1H3,(H,25,29). The molecule has 7 nitrogen and oxygen atoms in total. The van der Waals surface area contributed by atoms with E-state index in [2.05, 4.69) is 10.2 Å². The maximum atomic E-state index is 12.5. The lowest BCUT2D eigenvalue weighted by atomic mass is 10.1. The maximum Gasteiger partial charge on any atom is 0.242 e. The van der Waals surface area contributed by atoms with Gasteiger partial charge in [0.15, 0.2) is 5.82 Å². The number of rotatable bonds is 7. The molecule has 1 fully saturated rings. The van der Waals surface area contributed by atoms with E-state index in [-0.39, 0.29) is 12.5 Å². The Morgan fingerprint density at radius 3 is 2.61 bits per heavy atom. The molecule has 31 heavy (non-hydrogen) atoms. The fourth-order valence-electron chi connectivity index (χ4n) is 3.51. The van der Waals surface area contributed by atoms with Crippen molar-refractivity contribution < 1.29 is 14.3 Å². The Bertz CT molecular complexity index is 1030. The van der Waals surface area contributed by atoms with Crippen molar-refractivity contribution in [3.63, 3.8) is 0 Å². The van der Waals surface area contributed by atoms with Crippen LogP contribution < -0.4 is 15.0 Å². The number of aromatic nitrogens is 2. The number of amides is 1. The molecule has 2 heterocycles. The molecule has 0 saturated carbocycles. The van der Waals surface area contributed by atoms with Crippen molar-refractivity contribution in [2.45, 2.75) is 13.1 Å². The summed E-state index contributed by atoms with van der Waals surface area (Å²) in [5.41, 5.74) is 2.87. The monoisotopic (exact) mass is 440 g/mol. The molecule has 1 aromatic heterocycles. The van der Waals surface area contributed by atoms with Crippen molar-refractivity contribution in [3.05, 3.63) is 65.3 Å². The van der Waals surface area contributed by atoms with E-state index in [0.717, 1.165) is 41.3 Å². The number of benzene rings is 2. The SMILES string of the molecule is COc1ccc(-c2cn(CC(=O)NCc3ccccc3Cl)nc2N2CCOCC2)cc1. The van der Waals surface area contributed by atoms with Crippen LogP contribution in [0.25, 0.3) is 11.1 Å². The van der Waals surface area contributed by atoms with Crippen molar-refractivity contribution in [2.75, 3.05) is 38.3 Å². The summed E-state index contributed by atoms with van der Waals surface area (Å²) in [5.74, 6) is 1.52. The molecule has 0 radical (unpaired) electrons. The molecular weight excluding hydrogens is 416 g/mol. The number of nitrogens with one attached hydrogen (secondary N) is 1. The summed E-state index contributed by atoms with van der Waals surface area (Å²) >= 11 is 6.17. The van der Waals surface area contributed by atoms with Crippen LogP contribution in [0.2, 0.25) is 5.02 Å². The summed E-state index contributed by atoms with van der Waals surface area (Å²) in [6.07, 6.45) is 1.92. The minimum atomic E-state index is -0.128. The maximum absolute atomic E-state index is 12.5. The highest BCUT2D eigenvalue weighted by molar-refractivity contribution is 6.31. The molecule has 162 valence electrons. The van der Waals surface area contributed by atoms with Gasteiger partial charge in [0.2, 0.25) is 5.91 Å². The summed E-state index contributed by atoms with van der Waals surface area (Å²) in [7, 11) is 1.65. The second kappa shape index (κ2) is 9.85. The first-order valence-electron chi connectivity index (χ1n) is 10.2. The molecule has 1 aliphatic heterocycles. The van der Waals surface area contributed by atoms with E-state index in [1.165, 1.54) is 0 Å². The van der Waals surface area contributed by atoms with Gasteiger partial charge in [0.1, 0.15) is 12.3 Å². The van der Waals surface area contributed by atoms with Gasteiger partial charge >= 0.3 is 0 Å². The summed E-state index contributed by atoms with van der Waals surface area (Å²) in [6, 6.07) is 15.3. The Kier molecular flexibility index (Phi) is 6.74. The molecule has 0 bridgehead atoms. The number of carbonyl (C=O) groups excluding carboxylic acids is 1. The molecule has 3 aromatic rings. The molecular formula is C23H25ClN4O3. The highest BCUT2D eigenvalue weighted by Crippen LogP contribution is 2.31. The Morgan fingerprint density at radius 2 is 1.90 bits per heavy atom. The Hall–Kier alpha value is -3.03. The highest BCUT2D eigenvalue weighted by Gasteiger charge is 2.20. The average molecular weight is 441 g/mol. The second-order valence-corrected chi connectivity index (χ2v) is 7.67. The van der Waals surface area contributed by atoms with E-state index in [0.29, 0.717) is 24.8 Å². The number of halogens is 1. The number of ether oxygens (including phenoxy) is 2. The van der Waals surface area contributed by atoms with E-state index >= 15 is 0 Å². The number of anilines is 1. The van der Waals surface area contributed by atoms with Gasteiger partial charge in [0.25, 0.3) is 0 Å². The van der Waals surface area contributed by atoms with Crippen LogP contribution >= 0.6 is 11.6 Å². The third-order valence-corrected chi connectivity index (χ3v) is 5.56. The first-order chi connectivity index (χ1) is 15.1. The van der Waals surface area contributed by atoms with Crippen LogP contribution in [0.1, 0.15) is 5.56 Å². The van der Waals surface area contributed by atoms with Gasteiger partial charge < -0.3 is 19.7 Å². The zero-order valence-electron chi connectivity index (χ0n) is 17.4. The number of methoxy groups -OCH3 is 1. The largest absolute Gasteiger partial charge is 0.497 e. The number of hydrogen-bond acceptors (Lipinski definition) is 5. The zero-order chi connectivity index (χ0) is 21.6. The van der Waals surface area contributed by atoms with Crippen LogP contribution in [0.4, 0.5) is 5.82 Å². The molecule has 4 rings (SSSR count). The predicted molar refractivity (Wildman–Crippen MR) is 121 cm³/mol. The molecule has 0 spiro atoms. The third-order valence-electron chi connectivity index (χ3n) is 5.19. The average Bonchev–Trinajstić information content (AvgIpc) is 3.23. The van der Waals surface area contributed by atoms with Gasteiger partial charge in [-0.05, 0) is 29.3 Å². The normalized spacial score (nSPS) is 13.8. The molecule has 2 aromatic carbocycles.